The third-order valence-electron chi connectivity index (χ3n) is 5.67. The maximum atomic E-state index is 12.9. The molecule has 1 aliphatic rings. The van der Waals surface area contributed by atoms with Gasteiger partial charge in [-0.3, -0.25) is 4.79 Å². The van der Waals surface area contributed by atoms with E-state index >= 15 is 0 Å². The maximum Gasteiger partial charge on any atom is 0.251 e. The van der Waals surface area contributed by atoms with E-state index in [-0.39, 0.29) is 11.8 Å². The van der Waals surface area contributed by atoms with Crippen LogP contribution in [0.25, 0.3) is 10.2 Å². The van der Waals surface area contributed by atoms with Gasteiger partial charge in [-0.15, -0.1) is 0 Å². The number of benzene rings is 2. The lowest BCUT2D eigenvalue weighted by atomic mass is 9.98. The van der Waals surface area contributed by atoms with E-state index in [9.17, 15) is 13.2 Å². The molecular weight excluding hydrogens is 434 g/mol. The van der Waals surface area contributed by atoms with Crippen molar-refractivity contribution in [2.75, 3.05) is 20.2 Å². The molecular formula is C22H25N3O4S2. The zero-order valence-electron chi connectivity index (χ0n) is 17.7. The van der Waals surface area contributed by atoms with Crippen LogP contribution in [0.5, 0.6) is 5.75 Å². The van der Waals surface area contributed by atoms with Crippen molar-refractivity contribution in [3.63, 3.8) is 0 Å². The van der Waals surface area contributed by atoms with Gasteiger partial charge in [-0.1, -0.05) is 35.1 Å². The molecule has 0 bridgehead atoms. The molecule has 0 unspecified atom stereocenters. The van der Waals surface area contributed by atoms with Crippen LogP contribution in [0, 0.1) is 12.8 Å². The van der Waals surface area contributed by atoms with E-state index in [0.29, 0.717) is 35.6 Å². The quantitative estimate of drug-likeness (QED) is 0.601. The minimum atomic E-state index is -3.54. The first-order chi connectivity index (χ1) is 14.8. The van der Waals surface area contributed by atoms with Gasteiger partial charge in [-0.2, -0.15) is 9.30 Å². The molecule has 1 fully saturated rings. The molecule has 1 aromatic heterocycles. The highest BCUT2D eigenvalue weighted by Crippen LogP contribution is 2.27. The number of para-hydroxylation sites is 1. The molecule has 3 aromatic rings. The molecule has 0 N–H and O–H groups in total. The summed E-state index contributed by atoms with van der Waals surface area (Å²) in [5.74, 6) is 0.254. The molecule has 0 spiro atoms. The van der Waals surface area contributed by atoms with Crippen molar-refractivity contribution in [2.24, 2.45) is 18.0 Å². The second kappa shape index (κ2) is 8.57. The Kier molecular flexibility index (Phi) is 6.00. The van der Waals surface area contributed by atoms with E-state index in [4.69, 9.17) is 4.74 Å². The Bertz CT molecular complexity index is 1280. The van der Waals surface area contributed by atoms with E-state index in [2.05, 4.69) is 4.99 Å². The number of hydrogen-bond donors (Lipinski definition) is 0. The van der Waals surface area contributed by atoms with Crippen LogP contribution >= 0.6 is 11.3 Å². The molecule has 7 nitrogen and oxygen atoms in total. The van der Waals surface area contributed by atoms with Crippen LogP contribution < -0.4 is 9.54 Å². The molecule has 0 saturated carbocycles. The minimum absolute atomic E-state index is 0.200. The van der Waals surface area contributed by atoms with Gasteiger partial charge in [0, 0.05) is 26.1 Å². The summed E-state index contributed by atoms with van der Waals surface area (Å²) in [6, 6.07) is 12.6. The molecule has 0 radical (unpaired) electrons. The van der Waals surface area contributed by atoms with Crippen molar-refractivity contribution in [1.29, 1.82) is 0 Å². The average molecular weight is 460 g/mol. The number of methoxy groups -OCH3 is 1. The van der Waals surface area contributed by atoms with Gasteiger partial charge in [0.15, 0.2) is 4.80 Å². The molecule has 1 aliphatic heterocycles. The molecule has 2 heterocycles. The van der Waals surface area contributed by atoms with Crippen LogP contribution in [0.2, 0.25) is 0 Å². The average Bonchev–Trinajstić information content (AvgIpc) is 3.09. The van der Waals surface area contributed by atoms with Crippen molar-refractivity contribution >= 4 is 37.5 Å². The number of aromatic nitrogens is 1. The van der Waals surface area contributed by atoms with Crippen LogP contribution in [0.4, 0.5) is 0 Å². The summed E-state index contributed by atoms with van der Waals surface area (Å²) in [5.41, 5.74) is 1.91. The molecule has 1 saturated heterocycles. The number of thiazole rings is 1. The lowest BCUT2D eigenvalue weighted by Gasteiger charge is -2.29. The normalized spacial score (nSPS) is 16.7. The Morgan fingerprint density at radius 1 is 1.13 bits per heavy atom. The number of sulfonamides is 1. The van der Waals surface area contributed by atoms with E-state index in [1.54, 1.807) is 31.4 Å². The smallest absolute Gasteiger partial charge is 0.251 e. The third kappa shape index (κ3) is 4.17. The standard InChI is InChI=1S/C22H25N3O4S2/c1-15-7-9-17(10-8-15)31(27,28)25-13-11-16(12-14-25)21(26)23-22-24(2)20-18(29-3)5-4-6-19(20)30-22/h4-10,16H,11-14H2,1-3H3. The fourth-order valence-corrected chi connectivity index (χ4v) is 6.34. The number of rotatable bonds is 4. The number of carbonyl (C=O) groups excluding carboxylic acids is 1. The fourth-order valence-electron chi connectivity index (χ4n) is 3.83. The van der Waals surface area contributed by atoms with Crippen LogP contribution in [0.3, 0.4) is 0 Å². The fraction of sp³-hybridized carbons (Fsp3) is 0.364. The van der Waals surface area contributed by atoms with E-state index in [0.717, 1.165) is 21.5 Å². The van der Waals surface area contributed by atoms with Crippen molar-refractivity contribution < 1.29 is 17.9 Å². The van der Waals surface area contributed by atoms with Crippen molar-refractivity contribution in [3.8, 4) is 5.75 Å². The number of piperidine rings is 1. The van der Waals surface area contributed by atoms with Gasteiger partial charge >= 0.3 is 0 Å². The first kappa shape index (κ1) is 21.7. The number of nitrogens with zero attached hydrogens (tertiary/aromatic N) is 3. The molecule has 0 aliphatic carbocycles. The zero-order valence-corrected chi connectivity index (χ0v) is 19.4. The van der Waals surface area contributed by atoms with Crippen molar-refractivity contribution in [3.05, 3.63) is 52.8 Å². The lowest BCUT2D eigenvalue weighted by molar-refractivity contribution is -0.122. The molecule has 0 atom stereocenters. The van der Waals surface area contributed by atoms with Crippen LogP contribution in [0.1, 0.15) is 18.4 Å². The number of hydrogen-bond acceptors (Lipinski definition) is 5. The summed E-state index contributed by atoms with van der Waals surface area (Å²) in [6.07, 6.45) is 0.927. The van der Waals surface area contributed by atoms with E-state index in [1.165, 1.54) is 15.6 Å². The predicted octanol–water partition coefficient (Wildman–Crippen LogP) is 3.09. The summed E-state index contributed by atoms with van der Waals surface area (Å²) >= 11 is 1.44. The van der Waals surface area contributed by atoms with Gasteiger partial charge in [0.05, 0.1) is 16.7 Å². The Balaban J connectivity index is 1.51. The highest BCUT2D eigenvalue weighted by Gasteiger charge is 2.32. The van der Waals surface area contributed by atoms with Gasteiger partial charge in [-0.25, -0.2) is 8.42 Å². The minimum Gasteiger partial charge on any atom is -0.495 e. The number of fused-ring (bicyclic) bond motifs is 1. The lowest BCUT2D eigenvalue weighted by Crippen LogP contribution is -2.40. The van der Waals surface area contributed by atoms with E-state index in [1.807, 2.05) is 36.7 Å². The monoisotopic (exact) mass is 459 g/mol. The predicted molar refractivity (Wildman–Crippen MR) is 121 cm³/mol. The topological polar surface area (TPSA) is 81.0 Å². The first-order valence-corrected chi connectivity index (χ1v) is 12.3. The number of aryl methyl sites for hydroxylation is 2. The second-order valence-corrected chi connectivity index (χ2v) is 10.6. The molecule has 4 rings (SSSR count). The zero-order chi connectivity index (χ0) is 22.2. The number of ether oxygens (including phenoxy) is 1. The first-order valence-electron chi connectivity index (χ1n) is 10.1. The Hall–Kier alpha value is -2.49. The van der Waals surface area contributed by atoms with Gasteiger partial charge in [0.2, 0.25) is 10.0 Å². The Labute approximate surface area is 185 Å². The summed E-state index contributed by atoms with van der Waals surface area (Å²) < 4.78 is 35.5. The van der Waals surface area contributed by atoms with Crippen molar-refractivity contribution in [2.45, 2.75) is 24.7 Å². The van der Waals surface area contributed by atoms with Crippen LogP contribution in [-0.2, 0) is 21.9 Å². The number of carbonyl (C=O) groups is 1. The third-order valence-corrected chi connectivity index (χ3v) is 8.68. The SMILES string of the molecule is COc1cccc2sc(=NC(=O)C3CCN(S(=O)(=O)c4ccc(C)cc4)CC3)n(C)c12. The molecule has 9 heteroatoms. The van der Waals surface area contributed by atoms with Gasteiger partial charge in [0.25, 0.3) is 5.91 Å². The highest BCUT2D eigenvalue weighted by atomic mass is 32.2. The van der Waals surface area contributed by atoms with E-state index < -0.39 is 10.0 Å². The number of amides is 1. The summed E-state index contributed by atoms with van der Waals surface area (Å²) in [4.78, 5) is 18.1. The largest absolute Gasteiger partial charge is 0.495 e. The summed E-state index contributed by atoms with van der Waals surface area (Å²) in [7, 11) is -0.0599. The second-order valence-electron chi connectivity index (χ2n) is 7.69. The highest BCUT2D eigenvalue weighted by molar-refractivity contribution is 7.89. The maximum absolute atomic E-state index is 12.9. The van der Waals surface area contributed by atoms with Crippen molar-refractivity contribution in [1.82, 2.24) is 8.87 Å². The van der Waals surface area contributed by atoms with Gasteiger partial charge in [-0.05, 0) is 44.0 Å². The summed E-state index contributed by atoms with van der Waals surface area (Å²) in [6.45, 7) is 2.55. The Morgan fingerprint density at radius 3 is 2.45 bits per heavy atom. The Morgan fingerprint density at radius 2 is 1.81 bits per heavy atom. The van der Waals surface area contributed by atoms with Crippen LogP contribution in [-0.4, -0.2) is 43.4 Å². The van der Waals surface area contributed by atoms with Gasteiger partial charge < -0.3 is 9.30 Å². The molecule has 164 valence electrons. The van der Waals surface area contributed by atoms with Gasteiger partial charge in [0.1, 0.15) is 11.3 Å². The van der Waals surface area contributed by atoms with Crippen LogP contribution in [0.15, 0.2) is 52.4 Å². The molecule has 2 aromatic carbocycles. The summed E-state index contributed by atoms with van der Waals surface area (Å²) in [5, 5.41) is 0. The molecule has 31 heavy (non-hydrogen) atoms. The molecule has 1 amide bonds.